The van der Waals surface area contributed by atoms with Crippen LogP contribution in [0.1, 0.15) is 52.4 Å². The first kappa shape index (κ1) is 16.8. The van der Waals surface area contributed by atoms with E-state index in [0.717, 1.165) is 37.8 Å². The van der Waals surface area contributed by atoms with Gasteiger partial charge in [0.05, 0.1) is 0 Å². The van der Waals surface area contributed by atoms with E-state index in [2.05, 4.69) is 24.5 Å². The molecular weight excluding hydrogens is 260 g/mol. The van der Waals surface area contributed by atoms with Crippen LogP contribution in [0.4, 0.5) is 0 Å². The van der Waals surface area contributed by atoms with E-state index in [-0.39, 0.29) is 18.3 Å². The van der Waals surface area contributed by atoms with Gasteiger partial charge in [-0.3, -0.25) is 4.79 Å². The first-order valence-electron chi connectivity index (χ1n) is 7.68. The van der Waals surface area contributed by atoms with Gasteiger partial charge in [0.15, 0.2) is 0 Å². The summed E-state index contributed by atoms with van der Waals surface area (Å²) >= 11 is 0. The SMILES string of the molecule is CC(C)C1CCCC(NC(=O)C2CCNCC2)C1.Cl. The molecule has 112 valence electrons. The minimum Gasteiger partial charge on any atom is -0.353 e. The zero-order chi connectivity index (χ0) is 13.0. The molecule has 2 atom stereocenters. The average molecular weight is 289 g/mol. The van der Waals surface area contributed by atoms with Gasteiger partial charge in [0.1, 0.15) is 0 Å². The van der Waals surface area contributed by atoms with Crippen molar-refractivity contribution in [2.24, 2.45) is 17.8 Å². The highest BCUT2D eigenvalue weighted by Gasteiger charge is 2.28. The molecule has 0 aromatic rings. The third kappa shape index (κ3) is 4.96. The molecule has 2 unspecified atom stereocenters. The van der Waals surface area contributed by atoms with Crippen LogP contribution in [0.2, 0.25) is 0 Å². The zero-order valence-corrected chi connectivity index (χ0v) is 13.1. The molecule has 1 aliphatic carbocycles. The van der Waals surface area contributed by atoms with E-state index in [4.69, 9.17) is 0 Å². The van der Waals surface area contributed by atoms with E-state index >= 15 is 0 Å². The van der Waals surface area contributed by atoms with Crippen molar-refractivity contribution < 1.29 is 4.79 Å². The Morgan fingerprint density at radius 2 is 1.84 bits per heavy atom. The lowest BCUT2D eigenvalue weighted by Gasteiger charge is -2.33. The van der Waals surface area contributed by atoms with Crippen molar-refractivity contribution >= 4 is 18.3 Å². The molecule has 2 N–H and O–H groups in total. The number of amides is 1. The van der Waals surface area contributed by atoms with Gasteiger partial charge in [-0.25, -0.2) is 0 Å². The Balaban J connectivity index is 0.00000180. The molecule has 0 aromatic heterocycles. The van der Waals surface area contributed by atoms with Gasteiger partial charge in [0, 0.05) is 12.0 Å². The van der Waals surface area contributed by atoms with Gasteiger partial charge >= 0.3 is 0 Å². The largest absolute Gasteiger partial charge is 0.353 e. The molecule has 0 aromatic carbocycles. The lowest BCUT2D eigenvalue weighted by atomic mass is 9.79. The Bertz CT molecular complexity index is 277. The third-order valence-electron chi connectivity index (χ3n) is 4.71. The van der Waals surface area contributed by atoms with Crippen molar-refractivity contribution in [1.82, 2.24) is 10.6 Å². The molecule has 1 heterocycles. The number of carbonyl (C=O) groups is 1. The molecule has 19 heavy (non-hydrogen) atoms. The fourth-order valence-corrected chi connectivity index (χ4v) is 3.37. The number of hydrogen-bond donors (Lipinski definition) is 2. The second-order valence-electron chi connectivity index (χ2n) is 6.40. The summed E-state index contributed by atoms with van der Waals surface area (Å²) in [6.07, 6.45) is 7.00. The highest BCUT2D eigenvalue weighted by molar-refractivity contribution is 5.85. The molecule has 0 spiro atoms. The van der Waals surface area contributed by atoms with Gasteiger partial charge in [-0.2, -0.15) is 0 Å². The van der Waals surface area contributed by atoms with Crippen molar-refractivity contribution in [3.05, 3.63) is 0 Å². The van der Waals surface area contributed by atoms with Gasteiger partial charge in [0.2, 0.25) is 5.91 Å². The fraction of sp³-hybridized carbons (Fsp3) is 0.933. The first-order chi connectivity index (χ1) is 8.66. The quantitative estimate of drug-likeness (QED) is 0.838. The molecule has 2 rings (SSSR count). The van der Waals surface area contributed by atoms with E-state index < -0.39 is 0 Å². The highest BCUT2D eigenvalue weighted by Crippen LogP contribution is 2.30. The number of halogens is 1. The molecule has 1 saturated heterocycles. The summed E-state index contributed by atoms with van der Waals surface area (Å²) in [5.41, 5.74) is 0. The number of piperidine rings is 1. The zero-order valence-electron chi connectivity index (χ0n) is 12.3. The minimum absolute atomic E-state index is 0. The molecule has 2 aliphatic rings. The van der Waals surface area contributed by atoms with Crippen LogP contribution in [0.3, 0.4) is 0 Å². The van der Waals surface area contributed by atoms with Crippen molar-refractivity contribution in [1.29, 1.82) is 0 Å². The van der Waals surface area contributed by atoms with E-state index in [1.165, 1.54) is 25.7 Å². The van der Waals surface area contributed by atoms with Crippen LogP contribution in [0.5, 0.6) is 0 Å². The highest BCUT2D eigenvalue weighted by atomic mass is 35.5. The Kier molecular flexibility index (Phi) is 7.16. The smallest absolute Gasteiger partial charge is 0.223 e. The second-order valence-corrected chi connectivity index (χ2v) is 6.40. The number of rotatable bonds is 3. The van der Waals surface area contributed by atoms with E-state index in [1.54, 1.807) is 0 Å². The normalized spacial score (nSPS) is 28.8. The fourth-order valence-electron chi connectivity index (χ4n) is 3.37. The summed E-state index contributed by atoms with van der Waals surface area (Å²) in [5, 5.41) is 6.62. The maximum Gasteiger partial charge on any atom is 0.223 e. The molecule has 1 saturated carbocycles. The van der Waals surface area contributed by atoms with Crippen LogP contribution in [0.25, 0.3) is 0 Å². The minimum atomic E-state index is 0. The predicted octanol–water partition coefficient (Wildman–Crippen LogP) is 2.74. The van der Waals surface area contributed by atoms with Crippen LogP contribution in [0.15, 0.2) is 0 Å². The predicted molar refractivity (Wildman–Crippen MR) is 81.6 cm³/mol. The van der Waals surface area contributed by atoms with Crippen molar-refractivity contribution in [2.75, 3.05) is 13.1 Å². The monoisotopic (exact) mass is 288 g/mol. The molecule has 1 aliphatic heterocycles. The van der Waals surface area contributed by atoms with E-state index in [0.29, 0.717) is 11.9 Å². The summed E-state index contributed by atoms with van der Waals surface area (Å²) in [7, 11) is 0. The average Bonchev–Trinajstić information content (AvgIpc) is 2.40. The van der Waals surface area contributed by atoms with Crippen LogP contribution in [0, 0.1) is 17.8 Å². The van der Waals surface area contributed by atoms with Gasteiger partial charge < -0.3 is 10.6 Å². The molecule has 0 radical (unpaired) electrons. The maximum atomic E-state index is 12.2. The molecule has 3 nitrogen and oxygen atoms in total. The molecule has 4 heteroatoms. The molecule has 2 fully saturated rings. The van der Waals surface area contributed by atoms with Crippen molar-refractivity contribution in [3.8, 4) is 0 Å². The molecule has 0 bridgehead atoms. The van der Waals surface area contributed by atoms with Gasteiger partial charge in [-0.05, 0) is 50.6 Å². The summed E-state index contributed by atoms with van der Waals surface area (Å²) < 4.78 is 0. The van der Waals surface area contributed by atoms with Crippen LogP contribution in [-0.4, -0.2) is 25.0 Å². The Labute approximate surface area is 123 Å². The lowest BCUT2D eigenvalue weighted by molar-refractivity contribution is -0.126. The Morgan fingerprint density at radius 3 is 2.47 bits per heavy atom. The van der Waals surface area contributed by atoms with Gasteiger partial charge in [-0.1, -0.05) is 26.7 Å². The van der Waals surface area contributed by atoms with Crippen LogP contribution in [-0.2, 0) is 4.79 Å². The van der Waals surface area contributed by atoms with Crippen molar-refractivity contribution in [3.63, 3.8) is 0 Å². The topological polar surface area (TPSA) is 41.1 Å². The molecular formula is C15H29ClN2O. The summed E-state index contributed by atoms with van der Waals surface area (Å²) in [6.45, 7) is 6.61. The Hall–Kier alpha value is -0.280. The van der Waals surface area contributed by atoms with Crippen molar-refractivity contribution in [2.45, 2.75) is 58.4 Å². The van der Waals surface area contributed by atoms with E-state index in [9.17, 15) is 4.79 Å². The summed E-state index contributed by atoms with van der Waals surface area (Å²) in [5.74, 6) is 2.12. The number of carbonyl (C=O) groups excluding carboxylic acids is 1. The number of hydrogen-bond acceptors (Lipinski definition) is 2. The lowest BCUT2D eigenvalue weighted by Crippen LogP contribution is -2.44. The third-order valence-corrected chi connectivity index (χ3v) is 4.71. The van der Waals surface area contributed by atoms with Crippen LogP contribution >= 0.6 is 12.4 Å². The summed E-state index contributed by atoms with van der Waals surface area (Å²) in [6, 6.07) is 0.438. The van der Waals surface area contributed by atoms with Gasteiger partial charge in [-0.15, -0.1) is 12.4 Å². The van der Waals surface area contributed by atoms with E-state index in [1.807, 2.05) is 0 Å². The second kappa shape index (κ2) is 8.11. The Morgan fingerprint density at radius 1 is 1.16 bits per heavy atom. The maximum absolute atomic E-state index is 12.2. The molecule has 1 amide bonds. The summed E-state index contributed by atoms with van der Waals surface area (Å²) in [4.78, 5) is 12.2. The van der Waals surface area contributed by atoms with Gasteiger partial charge in [0.25, 0.3) is 0 Å². The number of nitrogens with one attached hydrogen (secondary N) is 2. The van der Waals surface area contributed by atoms with Crippen LogP contribution < -0.4 is 10.6 Å². The standard InChI is InChI=1S/C15H28N2O.ClH/c1-11(2)13-4-3-5-14(10-13)17-15(18)12-6-8-16-9-7-12;/h11-14,16H,3-10H2,1-2H3,(H,17,18);1H. The first-order valence-corrected chi connectivity index (χ1v) is 7.68.